The van der Waals surface area contributed by atoms with Crippen LogP contribution in [0.5, 0.6) is 0 Å². The lowest BCUT2D eigenvalue weighted by molar-refractivity contribution is 0.0376. The number of amides is 1. The van der Waals surface area contributed by atoms with Gasteiger partial charge in [0.25, 0.3) is 5.91 Å². The van der Waals surface area contributed by atoms with Crippen LogP contribution in [0.25, 0.3) is 6.08 Å². The number of aromatic nitrogens is 1. The first-order valence-electron chi connectivity index (χ1n) is 11.7. The summed E-state index contributed by atoms with van der Waals surface area (Å²) in [6.45, 7) is 5.06. The minimum atomic E-state index is -0.846. The Morgan fingerprint density at radius 2 is 2.20 bits per heavy atom. The zero-order valence-corrected chi connectivity index (χ0v) is 21.8. The zero-order valence-electron chi connectivity index (χ0n) is 19.7. The summed E-state index contributed by atoms with van der Waals surface area (Å²) >= 11 is 2.28. The monoisotopic (exact) mass is 592 g/mol. The number of carbonyl (C=O) groups is 1. The van der Waals surface area contributed by atoms with Crippen LogP contribution in [0.1, 0.15) is 46.9 Å². The number of aliphatic hydroxyl groups is 1. The first-order valence-corrected chi connectivity index (χ1v) is 13.3. The van der Waals surface area contributed by atoms with E-state index in [0.717, 1.165) is 48.2 Å². The number of benzene rings is 1. The fourth-order valence-corrected chi connectivity index (χ4v) is 5.00. The first kappa shape index (κ1) is 25.7. The molecule has 35 heavy (non-hydrogen) atoms. The van der Waals surface area contributed by atoms with Crippen LogP contribution in [0.4, 0.5) is 15.8 Å². The number of alkyl halides is 1. The van der Waals surface area contributed by atoms with Crippen LogP contribution < -0.4 is 16.4 Å². The van der Waals surface area contributed by atoms with Crippen LogP contribution in [-0.2, 0) is 13.0 Å². The second-order valence-electron chi connectivity index (χ2n) is 8.70. The van der Waals surface area contributed by atoms with Crippen LogP contribution in [0.3, 0.4) is 0 Å². The molecule has 2 aliphatic rings. The number of pyridine rings is 1. The maximum absolute atomic E-state index is 15.1. The number of aliphatic hydroxyl groups excluding tert-OH is 1. The zero-order chi connectivity index (χ0) is 24.9. The van der Waals surface area contributed by atoms with Crippen LogP contribution in [0.2, 0.25) is 0 Å². The minimum Gasteiger partial charge on any atom is -0.387 e. The third-order valence-corrected chi connectivity index (χ3v) is 6.57. The van der Waals surface area contributed by atoms with Crippen molar-refractivity contribution in [3.8, 4) is 0 Å². The lowest BCUT2D eigenvalue weighted by Gasteiger charge is -2.28. The summed E-state index contributed by atoms with van der Waals surface area (Å²) in [4.78, 5) is 23.7. The van der Waals surface area contributed by atoms with Crippen molar-refractivity contribution in [1.82, 2.24) is 15.2 Å². The SMILES string of the molecule is CCCN(CCI)C(O)C1=Cc2cc(F)c(C(=O)Nc3cnc4c(c3)CNCC4)cc2N=C(N)C1. The summed E-state index contributed by atoms with van der Waals surface area (Å²) in [5.41, 5.74) is 10.1. The second kappa shape index (κ2) is 11.5. The highest BCUT2D eigenvalue weighted by Gasteiger charge is 2.24. The Hall–Kier alpha value is -2.41. The van der Waals surface area contributed by atoms with Gasteiger partial charge in [0.1, 0.15) is 17.9 Å². The number of nitrogens with zero attached hydrogens (tertiary/aromatic N) is 3. The molecule has 186 valence electrons. The average Bonchev–Trinajstić information content (AvgIpc) is 3.00. The van der Waals surface area contributed by atoms with E-state index >= 15 is 4.39 Å². The predicted octanol–water partition coefficient (Wildman–Crippen LogP) is 3.36. The lowest BCUT2D eigenvalue weighted by Crippen LogP contribution is -2.39. The Kier molecular flexibility index (Phi) is 8.47. The lowest BCUT2D eigenvalue weighted by atomic mass is 10.0. The largest absolute Gasteiger partial charge is 0.387 e. The van der Waals surface area contributed by atoms with Crippen molar-refractivity contribution >= 4 is 51.8 Å². The molecule has 8 nitrogen and oxygen atoms in total. The number of fused-ring (bicyclic) bond motifs is 2. The molecule has 4 rings (SSSR count). The van der Waals surface area contributed by atoms with Crippen LogP contribution in [0, 0.1) is 5.82 Å². The van der Waals surface area contributed by atoms with Crippen LogP contribution in [-0.4, -0.2) is 57.0 Å². The highest BCUT2D eigenvalue weighted by molar-refractivity contribution is 14.1. The molecule has 0 saturated carbocycles. The van der Waals surface area contributed by atoms with Gasteiger partial charge in [0.05, 0.1) is 23.1 Å². The van der Waals surface area contributed by atoms with Gasteiger partial charge in [-0.1, -0.05) is 29.5 Å². The quantitative estimate of drug-likeness (QED) is 0.212. The molecule has 1 aromatic heterocycles. The van der Waals surface area contributed by atoms with E-state index in [1.165, 1.54) is 12.1 Å². The molecule has 2 aromatic rings. The summed E-state index contributed by atoms with van der Waals surface area (Å²) < 4.78 is 16.0. The minimum absolute atomic E-state index is 0.133. The average molecular weight is 592 g/mol. The van der Waals surface area contributed by atoms with Gasteiger partial charge in [0, 0.05) is 54.7 Å². The second-order valence-corrected chi connectivity index (χ2v) is 9.78. The molecule has 1 aromatic carbocycles. The number of hydrogen-bond donors (Lipinski definition) is 4. The Morgan fingerprint density at radius 3 is 2.97 bits per heavy atom. The van der Waals surface area contributed by atoms with Crippen molar-refractivity contribution in [2.75, 3.05) is 29.4 Å². The highest BCUT2D eigenvalue weighted by Crippen LogP contribution is 2.31. The van der Waals surface area contributed by atoms with Gasteiger partial charge in [-0.2, -0.15) is 0 Å². The van der Waals surface area contributed by atoms with Crippen LogP contribution in [0.15, 0.2) is 35.0 Å². The number of hydrogen-bond acceptors (Lipinski definition) is 7. The summed E-state index contributed by atoms with van der Waals surface area (Å²) in [6, 6.07) is 4.54. The number of amidine groups is 1. The van der Waals surface area contributed by atoms with E-state index in [2.05, 4.69) is 50.1 Å². The number of rotatable bonds is 8. The Morgan fingerprint density at radius 1 is 1.37 bits per heavy atom. The topological polar surface area (TPSA) is 116 Å². The molecule has 2 aliphatic heterocycles. The van der Waals surface area contributed by atoms with E-state index < -0.39 is 18.0 Å². The molecular formula is C25H30FIN6O2. The number of halogens is 2. The first-order chi connectivity index (χ1) is 16.9. The van der Waals surface area contributed by atoms with Gasteiger partial charge < -0.3 is 21.5 Å². The van der Waals surface area contributed by atoms with Gasteiger partial charge in [-0.25, -0.2) is 9.38 Å². The van der Waals surface area contributed by atoms with E-state index in [0.29, 0.717) is 34.9 Å². The van der Waals surface area contributed by atoms with E-state index in [9.17, 15) is 9.90 Å². The summed E-state index contributed by atoms with van der Waals surface area (Å²) in [5.74, 6) is -0.967. The summed E-state index contributed by atoms with van der Waals surface area (Å²) in [5, 5.41) is 17.0. The van der Waals surface area contributed by atoms with Crippen LogP contribution >= 0.6 is 22.6 Å². The third-order valence-electron chi connectivity index (χ3n) is 6.08. The Bertz CT molecular complexity index is 1160. The molecule has 3 heterocycles. The van der Waals surface area contributed by atoms with Crippen molar-refractivity contribution in [3.63, 3.8) is 0 Å². The number of anilines is 1. The number of carbonyl (C=O) groups excluding carboxylic acids is 1. The van der Waals surface area contributed by atoms with E-state index in [1.54, 1.807) is 12.3 Å². The third kappa shape index (κ3) is 6.05. The van der Waals surface area contributed by atoms with Crippen molar-refractivity contribution in [2.24, 2.45) is 10.7 Å². The molecule has 1 unspecified atom stereocenters. The van der Waals surface area contributed by atoms with Crippen molar-refractivity contribution in [2.45, 2.75) is 39.0 Å². The molecule has 10 heteroatoms. The normalized spacial score (nSPS) is 16.0. The molecule has 1 atom stereocenters. The van der Waals surface area contributed by atoms with E-state index in [-0.39, 0.29) is 12.0 Å². The smallest absolute Gasteiger partial charge is 0.258 e. The van der Waals surface area contributed by atoms with E-state index in [1.807, 2.05) is 11.0 Å². The maximum atomic E-state index is 15.1. The molecule has 0 fully saturated rings. The standard InChI is InChI=1S/C25H30FIN6O2/c1-2-6-33(7-4-27)25(35)16-8-15-10-20(26)19(12-22(15)32-23(28)11-16)24(34)31-18-9-17-13-29-5-3-21(17)30-14-18/h8-10,12,14,25,29,35H,2-7,11,13H2,1H3,(H2,28,32)(H,31,34). The predicted molar refractivity (Wildman–Crippen MR) is 145 cm³/mol. The van der Waals surface area contributed by atoms with Gasteiger partial charge in [0.15, 0.2) is 0 Å². The van der Waals surface area contributed by atoms with Gasteiger partial charge in [-0.05, 0) is 41.8 Å². The molecule has 1 amide bonds. The summed E-state index contributed by atoms with van der Waals surface area (Å²) in [6.07, 6.45) is 4.46. The van der Waals surface area contributed by atoms with Crippen molar-refractivity contribution < 1.29 is 14.3 Å². The molecule has 0 radical (unpaired) electrons. The maximum Gasteiger partial charge on any atom is 0.258 e. The van der Waals surface area contributed by atoms with E-state index in [4.69, 9.17) is 5.73 Å². The summed E-state index contributed by atoms with van der Waals surface area (Å²) in [7, 11) is 0. The molecule has 0 spiro atoms. The number of nitrogens with one attached hydrogen (secondary N) is 2. The molecule has 0 saturated heterocycles. The number of aliphatic imine (C=N–C) groups is 1. The Balaban J connectivity index is 1.60. The molecule has 0 bridgehead atoms. The van der Waals surface area contributed by atoms with Crippen molar-refractivity contribution in [3.05, 3.63) is 58.2 Å². The number of nitrogens with two attached hydrogens (primary N) is 1. The highest BCUT2D eigenvalue weighted by atomic mass is 127. The van der Waals surface area contributed by atoms with Gasteiger partial charge in [-0.3, -0.25) is 14.7 Å². The van der Waals surface area contributed by atoms with Gasteiger partial charge >= 0.3 is 0 Å². The molecule has 0 aliphatic carbocycles. The van der Waals surface area contributed by atoms with Crippen molar-refractivity contribution in [1.29, 1.82) is 0 Å². The molecular weight excluding hydrogens is 562 g/mol. The fourth-order valence-electron chi connectivity index (χ4n) is 4.38. The van der Waals surface area contributed by atoms with Gasteiger partial charge in [-0.15, -0.1) is 0 Å². The van der Waals surface area contributed by atoms with Gasteiger partial charge in [0.2, 0.25) is 0 Å². The fraction of sp³-hybridized carbons (Fsp3) is 0.400. The Labute approximate surface area is 218 Å². The molecule has 5 N–H and O–H groups in total.